The van der Waals surface area contributed by atoms with Crippen LogP contribution in [-0.4, -0.2) is 33.8 Å². The van der Waals surface area contributed by atoms with Gasteiger partial charge in [-0.3, -0.25) is 10.2 Å². The van der Waals surface area contributed by atoms with Gasteiger partial charge >= 0.3 is 0 Å². The number of rotatable bonds is 3. The number of carbonyl (C=O) groups excluding carboxylic acids is 1. The van der Waals surface area contributed by atoms with E-state index in [1.165, 1.54) is 18.6 Å². The number of carbonyl (C=O) groups is 1. The standard InChI is InChI=1S/C20H22F2N4O/c21-14-6-7-16(15(22)11-14)26-19-13-5-4-12(10-13)17(19)18(23-26)20(27)24-25-8-2-1-3-9-25/h6-7,11-13H,1-5,8-10H2,(H,24,27)/t12-,13-/m0/s1. The maximum Gasteiger partial charge on any atom is 0.286 e. The van der Waals surface area contributed by atoms with Gasteiger partial charge in [-0.25, -0.2) is 18.5 Å². The summed E-state index contributed by atoms with van der Waals surface area (Å²) in [5.74, 6) is -0.902. The molecule has 1 saturated heterocycles. The number of hydrogen-bond acceptors (Lipinski definition) is 3. The third-order valence-electron chi connectivity index (χ3n) is 6.16. The van der Waals surface area contributed by atoms with E-state index in [2.05, 4.69) is 10.5 Å². The van der Waals surface area contributed by atoms with Crippen molar-refractivity contribution in [1.82, 2.24) is 20.2 Å². The van der Waals surface area contributed by atoms with E-state index in [1.54, 1.807) is 4.68 Å². The molecule has 3 aliphatic rings. The first-order valence-electron chi connectivity index (χ1n) is 9.76. The number of amides is 1. The number of benzene rings is 1. The fourth-order valence-corrected chi connectivity index (χ4v) is 4.94. The molecule has 1 N–H and O–H groups in total. The van der Waals surface area contributed by atoms with Crippen molar-refractivity contribution in [2.75, 3.05) is 13.1 Å². The van der Waals surface area contributed by atoms with Crippen LogP contribution in [0.4, 0.5) is 8.78 Å². The highest BCUT2D eigenvalue weighted by Crippen LogP contribution is 2.54. The first kappa shape index (κ1) is 16.9. The summed E-state index contributed by atoms with van der Waals surface area (Å²) >= 11 is 0. The fourth-order valence-electron chi connectivity index (χ4n) is 4.94. The minimum Gasteiger partial charge on any atom is -0.283 e. The molecule has 142 valence electrons. The third kappa shape index (κ3) is 2.76. The Labute approximate surface area is 156 Å². The van der Waals surface area contributed by atoms with Gasteiger partial charge in [0.05, 0.1) is 5.69 Å². The zero-order valence-electron chi connectivity index (χ0n) is 15.0. The van der Waals surface area contributed by atoms with Crippen molar-refractivity contribution in [2.24, 2.45) is 0 Å². The molecule has 0 radical (unpaired) electrons. The summed E-state index contributed by atoms with van der Waals surface area (Å²) < 4.78 is 29.3. The first-order chi connectivity index (χ1) is 13.1. The largest absolute Gasteiger partial charge is 0.286 e. The average Bonchev–Trinajstić information content (AvgIpc) is 3.35. The quantitative estimate of drug-likeness (QED) is 0.895. The van der Waals surface area contributed by atoms with Crippen LogP contribution < -0.4 is 5.43 Å². The lowest BCUT2D eigenvalue weighted by molar-refractivity contribution is 0.0743. The first-order valence-corrected chi connectivity index (χ1v) is 9.76. The molecule has 1 saturated carbocycles. The van der Waals surface area contributed by atoms with Gasteiger partial charge in [0.25, 0.3) is 5.91 Å². The van der Waals surface area contributed by atoms with E-state index in [1.807, 2.05) is 5.01 Å². The monoisotopic (exact) mass is 372 g/mol. The molecule has 2 heterocycles. The van der Waals surface area contributed by atoms with Crippen molar-refractivity contribution in [3.8, 4) is 5.69 Å². The summed E-state index contributed by atoms with van der Waals surface area (Å²) in [6.07, 6.45) is 6.37. The van der Waals surface area contributed by atoms with Gasteiger partial charge in [0.1, 0.15) is 11.5 Å². The minimum atomic E-state index is -0.661. The number of piperidine rings is 1. The molecule has 1 aromatic heterocycles. The Morgan fingerprint density at radius 2 is 1.89 bits per heavy atom. The lowest BCUT2D eigenvalue weighted by atomic mass is 9.95. The molecule has 5 nitrogen and oxygen atoms in total. The van der Waals surface area contributed by atoms with Gasteiger partial charge in [0.2, 0.25) is 0 Å². The van der Waals surface area contributed by atoms with Crippen LogP contribution >= 0.6 is 0 Å². The van der Waals surface area contributed by atoms with Crippen LogP contribution in [0.5, 0.6) is 0 Å². The number of nitrogens with one attached hydrogen (secondary N) is 1. The number of aromatic nitrogens is 2. The van der Waals surface area contributed by atoms with E-state index in [0.717, 1.165) is 62.5 Å². The average molecular weight is 372 g/mol. The smallest absolute Gasteiger partial charge is 0.283 e. The van der Waals surface area contributed by atoms with E-state index in [4.69, 9.17) is 0 Å². The maximum absolute atomic E-state index is 14.4. The summed E-state index contributed by atoms with van der Waals surface area (Å²) in [4.78, 5) is 13.0. The van der Waals surface area contributed by atoms with Crippen LogP contribution in [0.1, 0.15) is 72.1 Å². The van der Waals surface area contributed by atoms with Crippen molar-refractivity contribution in [1.29, 1.82) is 0 Å². The Bertz CT molecular complexity index is 904. The number of halogens is 2. The second-order valence-corrected chi connectivity index (χ2v) is 7.85. The number of hydrogen-bond donors (Lipinski definition) is 1. The van der Waals surface area contributed by atoms with E-state index >= 15 is 0 Å². The number of nitrogens with zero attached hydrogens (tertiary/aromatic N) is 3. The Balaban J connectivity index is 1.55. The summed E-state index contributed by atoms with van der Waals surface area (Å²) in [6.45, 7) is 1.68. The summed E-state index contributed by atoms with van der Waals surface area (Å²) in [6, 6.07) is 3.49. The molecule has 2 bridgehead atoms. The zero-order valence-corrected chi connectivity index (χ0v) is 15.0. The zero-order chi connectivity index (χ0) is 18.5. The minimum absolute atomic E-state index is 0.206. The summed E-state index contributed by atoms with van der Waals surface area (Å²) in [5.41, 5.74) is 5.47. The van der Waals surface area contributed by atoms with Crippen molar-refractivity contribution >= 4 is 5.91 Å². The fraction of sp³-hybridized carbons (Fsp3) is 0.500. The molecule has 0 spiro atoms. The van der Waals surface area contributed by atoms with Gasteiger partial charge in [-0.05, 0) is 50.2 Å². The molecule has 2 fully saturated rings. The molecule has 27 heavy (non-hydrogen) atoms. The SMILES string of the molecule is O=C(NN1CCCCC1)c1nn(-c2ccc(F)cc2F)c2c1[C@H]1CC[C@H]2C1. The molecule has 1 aliphatic heterocycles. The maximum atomic E-state index is 14.4. The Hall–Kier alpha value is -2.28. The van der Waals surface area contributed by atoms with Crippen LogP contribution in [-0.2, 0) is 0 Å². The van der Waals surface area contributed by atoms with E-state index in [9.17, 15) is 13.6 Å². The molecule has 5 rings (SSSR count). The van der Waals surface area contributed by atoms with Gasteiger partial charge in [-0.1, -0.05) is 6.42 Å². The highest BCUT2D eigenvalue weighted by Gasteiger charge is 2.44. The predicted octanol–water partition coefficient (Wildman–Crippen LogP) is 3.65. The second-order valence-electron chi connectivity index (χ2n) is 7.85. The third-order valence-corrected chi connectivity index (χ3v) is 6.16. The van der Waals surface area contributed by atoms with Crippen molar-refractivity contribution in [2.45, 2.75) is 50.4 Å². The Kier molecular flexibility index (Phi) is 4.00. The predicted molar refractivity (Wildman–Crippen MR) is 95.7 cm³/mol. The molecule has 7 heteroatoms. The molecule has 2 aliphatic carbocycles. The summed E-state index contributed by atoms with van der Waals surface area (Å²) in [5, 5.41) is 6.46. The van der Waals surface area contributed by atoms with Crippen LogP contribution in [0.25, 0.3) is 5.69 Å². The highest BCUT2D eigenvalue weighted by molar-refractivity contribution is 5.94. The van der Waals surface area contributed by atoms with Crippen LogP contribution in [0.3, 0.4) is 0 Å². The van der Waals surface area contributed by atoms with Crippen molar-refractivity contribution in [3.05, 3.63) is 46.8 Å². The van der Waals surface area contributed by atoms with E-state index in [0.29, 0.717) is 17.5 Å². The van der Waals surface area contributed by atoms with E-state index < -0.39 is 11.6 Å². The van der Waals surface area contributed by atoms with Crippen molar-refractivity contribution in [3.63, 3.8) is 0 Å². The van der Waals surface area contributed by atoms with Gasteiger partial charge in [0.15, 0.2) is 11.5 Å². The van der Waals surface area contributed by atoms with Gasteiger partial charge in [-0.2, -0.15) is 5.10 Å². The van der Waals surface area contributed by atoms with Gasteiger partial charge in [-0.15, -0.1) is 0 Å². The lowest BCUT2D eigenvalue weighted by Gasteiger charge is -2.26. The molecule has 1 amide bonds. The molecule has 1 aromatic carbocycles. The van der Waals surface area contributed by atoms with Gasteiger partial charge < -0.3 is 0 Å². The lowest BCUT2D eigenvalue weighted by Crippen LogP contribution is -2.45. The Morgan fingerprint density at radius 3 is 2.67 bits per heavy atom. The van der Waals surface area contributed by atoms with Crippen LogP contribution in [0.15, 0.2) is 18.2 Å². The number of fused-ring (bicyclic) bond motifs is 5. The second kappa shape index (κ2) is 6.41. The molecular weight excluding hydrogens is 350 g/mol. The van der Waals surface area contributed by atoms with Crippen molar-refractivity contribution < 1.29 is 13.6 Å². The normalized spacial score (nSPS) is 24.2. The van der Waals surface area contributed by atoms with E-state index in [-0.39, 0.29) is 11.6 Å². The molecule has 2 aromatic rings. The van der Waals surface area contributed by atoms with Crippen LogP contribution in [0.2, 0.25) is 0 Å². The topological polar surface area (TPSA) is 50.2 Å². The van der Waals surface area contributed by atoms with Crippen LogP contribution in [0, 0.1) is 11.6 Å². The number of hydrazine groups is 1. The molecule has 2 atom stereocenters. The van der Waals surface area contributed by atoms with Gasteiger partial charge in [0, 0.05) is 30.6 Å². The highest BCUT2D eigenvalue weighted by atomic mass is 19.1. The molecular formula is C20H22F2N4O. The summed E-state index contributed by atoms with van der Waals surface area (Å²) in [7, 11) is 0. The Morgan fingerprint density at radius 1 is 1.11 bits per heavy atom. The molecule has 0 unspecified atom stereocenters.